The summed E-state index contributed by atoms with van der Waals surface area (Å²) in [5.74, 6) is 1.49. The van der Waals surface area contributed by atoms with E-state index in [1.165, 1.54) is 6.42 Å². The van der Waals surface area contributed by atoms with Crippen molar-refractivity contribution in [1.82, 2.24) is 5.32 Å². The quantitative estimate of drug-likeness (QED) is 0.408. The van der Waals surface area contributed by atoms with Crippen molar-refractivity contribution in [3.05, 3.63) is 0 Å². The molecule has 0 aromatic rings. The number of nitrogens with one attached hydrogen (secondary N) is 1. The lowest BCUT2D eigenvalue weighted by molar-refractivity contribution is -0.130. The molecule has 166 valence electrons. The van der Waals surface area contributed by atoms with Crippen LogP contribution in [-0.2, 0) is 19.1 Å². The van der Waals surface area contributed by atoms with Crippen LogP contribution in [0.4, 0.5) is 0 Å². The zero-order chi connectivity index (χ0) is 20.8. The smallest absolute Gasteiger partial charge is 0.223 e. The number of rotatable bonds is 15. The fourth-order valence-electron chi connectivity index (χ4n) is 3.55. The van der Waals surface area contributed by atoms with E-state index in [1.807, 2.05) is 13.8 Å². The highest BCUT2D eigenvalue weighted by Crippen LogP contribution is 2.31. The third kappa shape index (κ3) is 10.6. The van der Waals surface area contributed by atoms with Crippen molar-refractivity contribution in [3.63, 3.8) is 0 Å². The Morgan fingerprint density at radius 1 is 0.929 bits per heavy atom. The van der Waals surface area contributed by atoms with Crippen LogP contribution >= 0.6 is 0 Å². The summed E-state index contributed by atoms with van der Waals surface area (Å²) in [5.41, 5.74) is 0. The molecule has 1 fully saturated rings. The minimum absolute atomic E-state index is 0. The number of unbranched alkanes of at least 4 members (excludes halogenated alkanes) is 1. The van der Waals surface area contributed by atoms with Gasteiger partial charge in [0.15, 0.2) is 0 Å². The summed E-state index contributed by atoms with van der Waals surface area (Å²) in [6.45, 7) is 12.1. The van der Waals surface area contributed by atoms with Gasteiger partial charge in [-0.15, -0.1) is 0 Å². The maximum Gasteiger partial charge on any atom is 0.223 e. The Hall–Kier alpha value is -0.940. The number of carbonyl (C=O) groups is 2. The van der Waals surface area contributed by atoms with Crippen LogP contribution in [0.25, 0.3) is 0 Å². The summed E-state index contributed by atoms with van der Waals surface area (Å²) >= 11 is 0. The fraction of sp³-hybridized carbons (Fsp3) is 0.913. The Kier molecular flexibility index (Phi) is 13.4. The molecule has 5 nitrogen and oxygen atoms in total. The summed E-state index contributed by atoms with van der Waals surface area (Å²) in [6.07, 6.45) is 7.46. The van der Waals surface area contributed by atoms with Gasteiger partial charge in [0.05, 0.1) is 0 Å². The molecule has 1 rings (SSSR count). The molecule has 5 heteroatoms. The van der Waals surface area contributed by atoms with Gasteiger partial charge >= 0.3 is 0 Å². The van der Waals surface area contributed by atoms with Gasteiger partial charge in [0, 0.05) is 52.2 Å². The number of carbonyl (C=O) groups excluding carboxylic acids is 2. The molecule has 0 aromatic carbocycles. The van der Waals surface area contributed by atoms with Crippen LogP contribution in [0.5, 0.6) is 0 Å². The number of Topliss-reactive ketones (excluding diaryl/α,β-unsaturated/α-hetero) is 1. The third-order valence-electron chi connectivity index (χ3n) is 5.76. The monoisotopic (exact) mass is 399 g/mol. The standard InChI is InChI=1S/C23H43NO4.H2/c1-5-19(4)17-28-15-7-6-14-27-16-8-13-24-23(26)21-11-9-20(10-12-21)22(25)18(2)3;/h18-21H,5-17H2,1-4H3,(H,24,26);1H. The molecule has 1 N–H and O–H groups in total. The minimum Gasteiger partial charge on any atom is -0.381 e. The molecule has 0 aliphatic heterocycles. The van der Waals surface area contributed by atoms with Gasteiger partial charge in [-0.1, -0.05) is 34.1 Å². The SMILES string of the molecule is CCC(C)COCCCCOCCCNC(=O)C1CCC(C(=O)C(C)C)CC1.[HH]. The Balaban J connectivity index is 0.00000784. The summed E-state index contributed by atoms with van der Waals surface area (Å²) in [5, 5.41) is 3.03. The van der Waals surface area contributed by atoms with E-state index in [0.29, 0.717) is 24.9 Å². The average Bonchev–Trinajstić information content (AvgIpc) is 2.70. The second kappa shape index (κ2) is 15.0. The van der Waals surface area contributed by atoms with Crippen molar-refractivity contribution in [1.29, 1.82) is 0 Å². The molecular formula is C23H45NO4. The van der Waals surface area contributed by atoms with Crippen LogP contribution in [0.3, 0.4) is 0 Å². The van der Waals surface area contributed by atoms with Crippen molar-refractivity contribution in [2.75, 3.05) is 33.0 Å². The zero-order valence-electron chi connectivity index (χ0n) is 18.6. The van der Waals surface area contributed by atoms with Gasteiger partial charge in [0.25, 0.3) is 0 Å². The van der Waals surface area contributed by atoms with Crippen LogP contribution < -0.4 is 5.32 Å². The Morgan fingerprint density at radius 3 is 2.11 bits per heavy atom. The van der Waals surface area contributed by atoms with Crippen LogP contribution in [-0.4, -0.2) is 44.7 Å². The first kappa shape index (κ1) is 25.1. The van der Waals surface area contributed by atoms with Crippen molar-refractivity contribution in [2.45, 2.75) is 79.1 Å². The van der Waals surface area contributed by atoms with E-state index in [2.05, 4.69) is 19.2 Å². The van der Waals surface area contributed by atoms with E-state index in [4.69, 9.17) is 9.47 Å². The summed E-state index contributed by atoms with van der Waals surface area (Å²) in [7, 11) is 0. The van der Waals surface area contributed by atoms with Crippen molar-refractivity contribution >= 4 is 11.7 Å². The van der Waals surface area contributed by atoms with Crippen LogP contribution in [0.2, 0.25) is 0 Å². The van der Waals surface area contributed by atoms with Gasteiger partial charge in [-0.3, -0.25) is 9.59 Å². The zero-order valence-corrected chi connectivity index (χ0v) is 18.6. The highest BCUT2D eigenvalue weighted by atomic mass is 16.5. The summed E-state index contributed by atoms with van der Waals surface area (Å²) < 4.78 is 11.3. The maximum atomic E-state index is 12.3. The lowest BCUT2D eigenvalue weighted by Gasteiger charge is -2.27. The summed E-state index contributed by atoms with van der Waals surface area (Å²) in [4.78, 5) is 24.3. The Bertz CT molecular complexity index is 437. The van der Waals surface area contributed by atoms with Crippen LogP contribution in [0.15, 0.2) is 0 Å². The fourth-order valence-corrected chi connectivity index (χ4v) is 3.55. The van der Waals surface area contributed by atoms with Crippen molar-refractivity contribution in [3.8, 4) is 0 Å². The minimum atomic E-state index is 0. The molecular weight excluding hydrogens is 354 g/mol. The average molecular weight is 400 g/mol. The van der Waals surface area contributed by atoms with E-state index in [0.717, 1.165) is 64.8 Å². The number of hydrogen-bond donors (Lipinski definition) is 1. The number of ether oxygens (including phenoxy) is 2. The molecule has 0 saturated heterocycles. The van der Waals surface area contributed by atoms with E-state index in [-0.39, 0.29) is 25.1 Å². The number of ketones is 1. The van der Waals surface area contributed by atoms with Gasteiger partial charge in [0.2, 0.25) is 5.91 Å². The predicted molar refractivity (Wildman–Crippen MR) is 115 cm³/mol. The lowest BCUT2D eigenvalue weighted by atomic mass is 9.77. The largest absolute Gasteiger partial charge is 0.381 e. The number of amides is 1. The lowest BCUT2D eigenvalue weighted by Crippen LogP contribution is -2.35. The molecule has 28 heavy (non-hydrogen) atoms. The molecule has 0 heterocycles. The van der Waals surface area contributed by atoms with E-state index in [1.54, 1.807) is 0 Å². The van der Waals surface area contributed by atoms with E-state index < -0.39 is 0 Å². The first-order valence-corrected chi connectivity index (χ1v) is 11.4. The molecule has 0 bridgehead atoms. The normalized spacial score (nSPS) is 20.9. The van der Waals surface area contributed by atoms with Gasteiger partial charge in [0.1, 0.15) is 5.78 Å². The second-order valence-corrected chi connectivity index (χ2v) is 8.66. The predicted octanol–water partition coefficient (Wildman–Crippen LogP) is 4.63. The molecule has 1 unspecified atom stereocenters. The van der Waals surface area contributed by atoms with Gasteiger partial charge in [-0.25, -0.2) is 0 Å². The highest BCUT2D eigenvalue weighted by molar-refractivity contribution is 5.83. The second-order valence-electron chi connectivity index (χ2n) is 8.66. The highest BCUT2D eigenvalue weighted by Gasteiger charge is 2.30. The topological polar surface area (TPSA) is 64.6 Å². The first-order valence-electron chi connectivity index (χ1n) is 11.4. The molecule has 1 amide bonds. The van der Waals surface area contributed by atoms with Gasteiger partial charge in [-0.05, 0) is 50.9 Å². The molecule has 1 aliphatic carbocycles. The Morgan fingerprint density at radius 2 is 1.50 bits per heavy atom. The molecule has 0 radical (unpaired) electrons. The Labute approximate surface area is 173 Å². The van der Waals surface area contributed by atoms with Crippen molar-refractivity contribution < 1.29 is 20.5 Å². The van der Waals surface area contributed by atoms with Crippen LogP contribution in [0.1, 0.15) is 80.5 Å². The molecule has 1 atom stereocenters. The third-order valence-corrected chi connectivity index (χ3v) is 5.76. The summed E-state index contributed by atoms with van der Waals surface area (Å²) in [6, 6.07) is 0. The maximum absolute atomic E-state index is 12.3. The first-order chi connectivity index (χ1) is 13.5. The van der Waals surface area contributed by atoms with E-state index in [9.17, 15) is 9.59 Å². The molecule has 1 saturated carbocycles. The van der Waals surface area contributed by atoms with Crippen LogP contribution in [0, 0.1) is 23.7 Å². The number of hydrogen-bond acceptors (Lipinski definition) is 4. The van der Waals surface area contributed by atoms with Crippen molar-refractivity contribution in [2.24, 2.45) is 23.7 Å². The van der Waals surface area contributed by atoms with Gasteiger partial charge in [-0.2, -0.15) is 0 Å². The molecule has 0 aromatic heterocycles. The molecule has 1 aliphatic rings. The van der Waals surface area contributed by atoms with E-state index >= 15 is 0 Å². The van der Waals surface area contributed by atoms with Gasteiger partial charge < -0.3 is 14.8 Å². The molecule has 0 spiro atoms.